The predicted octanol–water partition coefficient (Wildman–Crippen LogP) is 3.54. The summed E-state index contributed by atoms with van der Waals surface area (Å²) in [5.74, 6) is 0.0344. The van der Waals surface area contributed by atoms with Gasteiger partial charge in [-0.2, -0.15) is 0 Å². The van der Waals surface area contributed by atoms with Crippen LogP contribution < -0.4 is 5.32 Å². The fourth-order valence-corrected chi connectivity index (χ4v) is 3.38. The normalized spacial score (nSPS) is 11.4. The number of aromatic nitrogens is 2. The van der Waals surface area contributed by atoms with Crippen LogP contribution in [0.3, 0.4) is 0 Å². The third-order valence-corrected chi connectivity index (χ3v) is 5.16. The lowest BCUT2D eigenvalue weighted by Gasteiger charge is -2.11. The number of carbonyl (C=O) groups is 1. The van der Waals surface area contributed by atoms with Crippen LogP contribution in [0, 0.1) is 20.8 Å². The van der Waals surface area contributed by atoms with Crippen molar-refractivity contribution >= 4 is 11.6 Å². The van der Waals surface area contributed by atoms with E-state index in [9.17, 15) is 4.79 Å². The SMILES string of the molecule is Cc1ccc(-c2nc3c(C)cccn3c2CC(=O)NCCCN(C)C)cc1C. The van der Waals surface area contributed by atoms with Gasteiger partial charge >= 0.3 is 0 Å². The Hall–Kier alpha value is -2.66. The van der Waals surface area contributed by atoms with Crippen molar-refractivity contribution in [3.8, 4) is 11.3 Å². The van der Waals surface area contributed by atoms with Crippen LogP contribution in [0.2, 0.25) is 0 Å². The van der Waals surface area contributed by atoms with E-state index in [1.807, 2.05) is 26.4 Å². The molecule has 3 rings (SSSR count). The van der Waals surface area contributed by atoms with Crippen molar-refractivity contribution in [2.45, 2.75) is 33.6 Å². The van der Waals surface area contributed by atoms with Crippen molar-refractivity contribution < 1.29 is 4.79 Å². The Morgan fingerprint density at radius 1 is 1.11 bits per heavy atom. The molecule has 3 aromatic rings. The molecule has 5 nitrogen and oxygen atoms in total. The molecule has 0 bridgehead atoms. The molecule has 0 fully saturated rings. The molecular formula is C23H30N4O. The van der Waals surface area contributed by atoms with Crippen LogP contribution in [-0.2, 0) is 11.2 Å². The minimum Gasteiger partial charge on any atom is -0.356 e. The second kappa shape index (κ2) is 8.57. The second-order valence-corrected chi connectivity index (χ2v) is 7.77. The smallest absolute Gasteiger partial charge is 0.226 e. The van der Waals surface area contributed by atoms with Crippen LogP contribution in [0.1, 0.15) is 28.8 Å². The van der Waals surface area contributed by atoms with Crippen LogP contribution in [0.15, 0.2) is 36.5 Å². The standard InChI is InChI=1S/C23H30N4O/c1-16-9-10-19(14-18(16)3)22-20(15-21(28)24-11-7-12-26(4)5)27-13-6-8-17(2)23(27)25-22/h6,8-10,13-14H,7,11-12,15H2,1-5H3,(H,24,28). The largest absolute Gasteiger partial charge is 0.356 e. The van der Waals surface area contributed by atoms with E-state index < -0.39 is 0 Å². The molecule has 0 atom stereocenters. The lowest BCUT2D eigenvalue weighted by atomic mass is 10.0. The molecule has 1 amide bonds. The van der Waals surface area contributed by atoms with Gasteiger partial charge in [0.25, 0.3) is 0 Å². The van der Waals surface area contributed by atoms with Gasteiger partial charge in [0.05, 0.1) is 17.8 Å². The number of hydrogen-bond acceptors (Lipinski definition) is 3. The molecule has 0 aliphatic heterocycles. The van der Waals surface area contributed by atoms with Crippen molar-refractivity contribution in [3.63, 3.8) is 0 Å². The van der Waals surface area contributed by atoms with Gasteiger partial charge in [-0.15, -0.1) is 0 Å². The van der Waals surface area contributed by atoms with E-state index in [0.29, 0.717) is 13.0 Å². The molecule has 0 spiro atoms. The van der Waals surface area contributed by atoms with Gasteiger partial charge in [-0.25, -0.2) is 4.98 Å². The second-order valence-electron chi connectivity index (χ2n) is 7.77. The Morgan fingerprint density at radius 3 is 2.61 bits per heavy atom. The monoisotopic (exact) mass is 378 g/mol. The number of fused-ring (bicyclic) bond motifs is 1. The molecule has 0 unspecified atom stereocenters. The first-order valence-corrected chi connectivity index (χ1v) is 9.82. The van der Waals surface area contributed by atoms with E-state index >= 15 is 0 Å². The zero-order chi connectivity index (χ0) is 20.3. The van der Waals surface area contributed by atoms with Gasteiger partial charge in [-0.05, 0) is 76.7 Å². The molecule has 28 heavy (non-hydrogen) atoms. The van der Waals surface area contributed by atoms with E-state index in [4.69, 9.17) is 4.98 Å². The topological polar surface area (TPSA) is 49.6 Å². The van der Waals surface area contributed by atoms with Crippen molar-refractivity contribution in [1.82, 2.24) is 19.6 Å². The summed E-state index contributed by atoms with van der Waals surface area (Å²) in [5.41, 5.74) is 7.38. The predicted molar refractivity (Wildman–Crippen MR) is 115 cm³/mol. The number of nitrogens with one attached hydrogen (secondary N) is 1. The first kappa shape index (κ1) is 20.1. The number of benzene rings is 1. The van der Waals surface area contributed by atoms with Crippen LogP contribution in [0.5, 0.6) is 0 Å². The van der Waals surface area contributed by atoms with Gasteiger partial charge in [0, 0.05) is 18.3 Å². The zero-order valence-electron chi connectivity index (χ0n) is 17.5. The van der Waals surface area contributed by atoms with E-state index in [-0.39, 0.29) is 5.91 Å². The van der Waals surface area contributed by atoms with E-state index in [1.165, 1.54) is 11.1 Å². The first-order chi connectivity index (χ1) is 13.4. The number of imidazole rings is 1. The number of carbonyl (C=O) groups excluding carboxylic acids is 1. The molecule has 0 saturated carbocycles. The minimum absolute atomic E-state index is 0.0344. The zero-order valence-corrected chi connectivity index (χ0v) is 17.5. The molecule has 0 aliphatic rings. The number of rotatable bonds is 7. The summed E-state index contributed by atoms with van der Waals surface area (Å²) < 4.78 is 2.05. The molecule has 2 aromatic heterocycles. The van der Waals surface area contributed by atoms with Crippen LogP contribution >= 0.6 is 0 Å². The number of hydrogen-bond donors (Lipinski definition) is 1. The van der Waals surface area contributed by atoms with Gasteiger partial charge in [0.1, 0.15) is 5.65 Å². The highest BCUT2D eigenvalue weighted by Crippen LogP contribution is 2.27. The molecule has 148 valence electrons. The quantitative estimate of drug-likeness (QED) is 0.640. The average Bonchev–Trinajstić information content (AvgIpc) is 3.01. The number of amides is 1. The van der Waals surface area contributed by atoms with Gasteiger partial charge in [0.15, 0.2) is 0 Å². The van der Waals surface area contributed by atoms with E-state index in [1.54, 1.807) is 0 Å². The Labute approximate surface area is 167 Å². The summed E-state index contributed by atoms with van der Waals surface area (Å²) in [4.78, 5) is 19.6. The molecule has 2 heterocycles. The lowest BCUT2D eigenvalue weighted by Crippen LogP contribution is -2.28. The van der Waals surface area contributed by atoms with Crippen molar-refractivity contribution in [3.05, 3.63) is 58.9 Å². The fourth-order valence-electron chi connectivity index (χ4n) is 3.38. The maximum Gasteiger partial charge on any atom is 0.226 e. The Morgan fingerprint density at radius 2 is 1.89 bits per heavy atom. The number of aryl methyl sites for hydroxylation is 3. The average molecular weight is 379 g/mol. The van der Waals surface area contributed by atoms with Gasteiger partial charge in [-0.3, -0.25) is 4.79 Å². The van der Waals surface area contributed by atoms with Crippen molar-refractivity contribution in [2.24, 2.45) is 0 Å². The highest BCUT2D eigenvalue weighted by Gasteiger charge is 2.18. The van der Waals surface area contributed by atoms with E-state index in [2.05, 4.69) is 59.7 Å². The molecule has 1 N–H and O–H groups in total. The highest BCUT2D eigenvalue weighted by molar-refractivity contribution is 5.82. The Balaban J connectivity index is 1.92. The first-order valence-electron chi connectivity index (χ1n) is 9.82. The molecule has 0 radical (unpaired) electrons. The summed E-state index contributed by atoms with van der Waals surface area (Å²) in [6.45, 7) is 7.92. The summed E-state index contributed by atoms with van der Waals surface area (Å²) in [7, 11) is 4.08. The Bertz CT molecular complexity index is 988. The molecule has 1 aromatic carbocycles. The van der Waals surface area contributed by atoms with Crippen molar-refractivity contribution in [1.29, 1.82) is 0 Å². The number of pyridine rings is 1. The lowest BCUT2D eigenvalue weighted by molar-refractivity contribution is -0.120. The van der Waals surface area contributed by atoms with E-state index in [0.717, 1.165) is 41.1 Å². The van der Waals surface area contributed by atoms with Crippen LogP contribution in [-0.4, -0.2) is 47.4 Å². The van der Waals surface area contributed by atoms with Gasteiger partial charge in [-0.1, -0.05) is 18.2 Å². The molecular weight excluding hydrogens is 348 g/mol. The van der Waals surface area contributed by atoms with Gasteiger partial charge in [0.2, 0.25) is 5.91 Å². The minimum atomic E-state index is 0.0344. The summed E-state index contributed by atoms with van der Waals surface area (Å²) in [6.07, 6.45) is 3.25. The Kier molecular flexibility index (Phi) is 6.15. The van der Waals surface area contributed by atoms with Crippen molar-refractivity contribution in [2.75, 3.05) is 27.2 Å². The summed E-state index contributed by atoms with van der Waals surface area (Å²) in [5, 5.41) is 3.05. The summed E-state index contributed by atoms with van der Waals surface area (Å²) in [6, 6.07) is 10.4. The van der Waals surface area contributed by atoms with Crippen LogP contribution in [0.25, 0.3) is 16.9 Å². The maximum atomic E-state index is 12.6. The third-order valence-electron chi connectivity index (χ3n) is 5.16. The highest BCUT2D eigenvalue weighted by atomic mass is 16.1. The van der Waals surface area contributed by atoms with Crippen LogP contribution in [0.4, 0.5) is 0 Å². The third kappa shape index (κ3) is 4.42. The van der Waals surface area contributed by atoms with Gasteiger partial charge < -0.3 is 14.6 Å². The molecule has 0 saturated heterocycles. The molecule has 5 heteroatoms. The summed E-state index contributed by atoms with van der Waals surface area (Å²) >= 11 is 0. The number of nitrogens with zero attached hydrogens (tertiary/aromatic N) is 3. The maximum absolute atomic E-state index is 12.6. The molecule has 0 aliphatic carbocycles. The fraction of sp³-hybridized carbons (Fsp3) is 0.391.